The van der Waals surface area contributed by atoms with Crippen molar-refractivity contribution in [2.45, 2.75) is 51.2 Å². The zero-order valence-corrected chi connectivity index (χ0v) is 16.4. The number of carbonyl (C=O) groups excluding carboxylic acids is 1. The fourth-order valence-electron chi connectivity index (χ4n) is 4.31. The van der Waals surface area contributed by atoms with Gasteiger partial charge in [0.2, 0.25) is 5.91 Å². The van der Waals surface area contributed by atoms with Gasteiger partial charge in [-0.2, -0.15) is 0 Å². The lowest BCUT2D eigenvalue weighted by Gasteiger charge is -2.41. The molecular formula is C21H32N2O3. The summed E-state index contributed by atoms with van der Waals surface area (Å²) in [4.78, 5) is 12.8. The van der Waals surface area contributed by atoms with E-state index in [4.69, 9.17) is 9.47 Å². The summed E-state index contributed by atoms with van der Waals surface area (Å²) in [5, 5.41) is 6.77. The van der Waals surface area contributed by atoms with E-state index < -0.39 is 5.41 Å². The van der Waals surface area contributed by atoms with Crippen LogP contribution in [0.25, 0.3) is 0 Å². The molecule has 5 nitrogen and oxygen atoms in total. The molecule has 1 saturated heterocycles. The molecule has 144 valence electrons. The minimum atomic E-state index is -0.435. The Bertz CT molecular complexity index is 632. The molecule has 3 rings (SSSR count). The van der Waals surface area contributed by atoms with Crippen LogP contribution in [-0.2, 0) is 19.7 Å². The highest BCUT2D eigenvalue weighted by Crippen LogP contribution is 2.51. The van der Waals surface area contributed by atoms with Gasteiger partial charge in [-0.25, -0.2) is 0 Å². The Morgan fingerprint density at radius 1 is 1.23 bits per heavy atom. The van der Waals surface area contributed by atoms with Gasteiger partial charge in [0.15, 0.2) is 0 Å². The van der Waals surface area contributed by atoms with Crippen LogP contribution in [0.1, 0.15) is 50.8 Å². The van der Waals surface area contributed by atoms with Crippen LogP contribution in [0.15, 0.2) is 24.3 Å². The summed E-state index contributed by atoms with van der Waals surface area (Å²) in [6.45, 7) is 8.88. The van der Waals surface area contributed by atoms with Gasteiger partial charge in [0.05, 0.1) is 25.4 Å². The van der Waals surface area contributed by atoms with E-state index in [1.54, 1.807) is 7.11 Å². The molecule has 0 aromatic heterocycles. The van der Waals surface area contributed by atoms with Gasteiger partial charge in [-0.15, -0.1) is 0 Å². The fraction of sp³-hybridized carbons (Fsp3) is 0.667. The minimum Gasteiger partial charge on any atom is -0.382 e. The third kappa shape index (κ3) is 3.53. The Balaban J connectivity index is 1.97. The van der Waals surface area contributed by atoms with Gasteiger partial charge in [0, 0.05) is 17.9 Å². The molecule has 5 heteroatoms. The van der Waals surface area contributed by atoms with Gasteiger partial charge < -0.3 is 20.1 Å². The zero-order chi connectivity index (χ0) is 18.8. The first kappa shape index (κ1) is 19.3. The molecule has 0 radical (unpaired) electrons. The van der Waals surface area contributed by atoms with Gasteiger partial charge in [0.25, 0.3) is 0 Å². The lowest BCUT2D eigenvalue weighted by molar-refractivity contribution is -0.131. The molecule has 1 amide bonds. The molecule has 1 spiro atoms. The molecule has 1 aliphatic heterocycles. The quantitative estimate of drug-likeness (QED) is 0.793. The number of benzene rings is 1. The Morgan fingerprint density at radius 3 is 2.58 bits per heavy atom. The molecule has 2 N–H and O–H groups in total. The van der Waals surface area contributed by atoms with Crippen molar-refractivity contribution in [3.8, 4) is 0 Å². The fourth-order valence-corrected chi connectivity index (χ4v) is 4.31. The van der Waals surface area contributed by atoms with Crippen molar-refractivity contribution in [1.82, 2.24) is 10.6 Å². The van der Waals surface area contributed by atoms with Crippen molar-refractivity contribution < 1.29 is 14.3 Å². The molecule has 2 aliphatic rings. The zero-order valence-electron chi connectivity index (χ0n) is 16.4. The van der Waals surface area contributed by atoms with Crippen LogP contribution in [0.2, 0.25) is 0 Å². The Labute approximate surface area is 156 Å². The largest absolute Gasteiger partial charge is 0.382 e. The summed E-state index contributed by atoms with van der Waals surface area (Å²) in [5.74, 6) is 0.0589. The topological polar surface area (TPSA) is 59.6 Å². The summed E-state index contributed by atoms with van der Waals surface area (Å²) in [7, 11) is 1.69. The number of methoxy groups -OCH3 is 1. The smallest absolute Gasteiger partial charge is 0.225 e. The van der Waals surface area contributed by atoms with Crippen LogP contribution in [-0.4, -0.2) is 45.4 Å². The monoisotopic (exact) mass is 360 g/mol. The van der Waals surface area contributed by atoms with Crippen LogP contribution < -0.4 is 10.6 Å². The second-order valence-corrected chi connectivity index (χ2v) is 8.48. The molecule has 0 bridgehead atoms. The average Bonchev–Trinajstić information content (AvgIpc) is 2.85. The number of fused-ring (bicyclic) bond motifs is 2. The molecule has 1 aliphatic carbocycles. The third-order valence-corrected chi connectivity index (χ3v) is 5.73. The number of nitrogens with one attached hydrogen (secondary N) is 2. The van der Waals surface area contributed by atoms with Crippen molar-refractivity contribution in [2.24, 2.45) is 5.41 Å². The first-order valence-corrected chi connectivity index (χ1v) is 9.62. The second kappa shape index (κ2) is 7.67. The molecule has 1 aromatic rings. The van der Waals surface area contributed by atoms with E-state index in [9.17, 15) is 4.79 Å². The number of hydrogen-bond acceptors (Lipinski definition) is 4. The highest BCUT2D eigenvalue weighted by Gasteiger charge is 2.53. The Morgan fingerprint density at radius 2 is 1.92 bits per heavy atom. The van der Waals surface area contributed by atoms with Gasteiger partial charge in [-0.1, -0.05) is 45.0 Å². The number of amides is 1. The number of rotatable bonds is 5. The number of carbonyl (C=O) groups is 1. The van der Waals surface area contributed by atoms with Crippen LogP contribution >= 0.6 is 0 Å². The van der Waals surface area contributed by atoms with E-state index in [1.165, 1.54) is 11.1 Å². The molecule has 1 fully saturated rings. The van der Waals surface area contributed by atoms with Crippen molar-refractivity contribution in [1.29, 1.82) is 0 Å². The summed E-state index contributed by atoms with van der Waals surface area (Å²) < 4.78 is 11.6. The standard InChI is InChI=1S/C21H32N2O3/c1-20(2,3)19(24)23-17-15-7-5-6-8-16(15)21(9-11-22-12-10-21)18(17)26-14-13-25-4/h5-8,17-18,22H,9-14H2,1-4H3,(H,23,24)/t17-,18+/m0/s1. The molecule has 26 heavy (non-hydrogen) atoms. The molecule has 1 heterocycles. The van der Waals surface area contributed by atoms with E-state index >= 15 is 0 Å². The molecular weight excluding hydrogens is 328 g/mol. The second-order valence-electron chi connectivity index (χ2n) is 8.48. The summed E-state index contributed by atoms with van der Waals surface area (Å²) in [5.41, 5.74) is 2.05. The molecule has 2 atom stereocenters. The highest BCUT2D eigenvalue weighted by atomic mass is 16.5. The predicted molar refractivity (Wildman–Crippen MR) is 102 cm³/mol. The van der Waals surface area contributed by atoms with Gasteiger partial charge >= 0.3 is 0 Å². The maximum atomic E-state index is 12.8. The van der Waals surface area contributed by atoms with Crippen molar-refractivity contribution >= 4 is 5.91 Å². The third-order valence-electron chi connectivity index (χ3n) is 5.73. The molecule has 1 aromatic carbocycles. The first-order valence-electron chi connectivity index (χ1n) is 9.62. The Hall–Kier alpha value is -1.43. The first-order chi connectivity index (χ1) is 12.4. The molecule has 0 saturated carbocycles. The maximum Gasteiger partial charge on any atom is 0.225 e. The average molecular weight is 360 g/mol. The SMILES string of the molecule is COCCO[C@@H]1[C@@H](NC(=O)C(C)(C)C)c2ccccc2C12CCNCC2. The number of hydrogen-bond donors (Lipinski definition) is 2. The van der Waals surface area contributed by atoms with Crippen molar-refractivity contribution in [3.63, 3.8) is 0 Å². The minimum absolute atomic E-state index is 0.0502. The maximum absolute atomic E-state index is 12.8. The normalized spacial score (nSPS) is 24.5. The van der Waals surface area contributed by atoms with E-state index in [0.717, 1.165) is 25.9 Å². The van der Waals surface area contributed by atoms with E-state index in [1.807, 2.05) is 20.8 Å². The summed E-state index contributed by atoms with van der Waals surface area (Å²) >= 11 is 0. The van der Waals surface area contributed by atoms with Gasteiger partial charge in [-0.05, 0) is 37.1 Å². The van der Waals surface area contributed by atoms with E-state index in [2.05, 4.69) is 34.9 Å². The van der Waals surface area contributed by atoms with Crippen molar-refractivity contribution in [3.05, 3.63) is 35.4 Å². The number of ether oxygens (including phenoxy) is 2. The van der Waals surface area contributed by atoms with E-state index in [-0.39, 0.29) is 23.5 Å². The van der Waals surface area contributed by atoms with Crippen molar-refractivity contribution in [2.75, 3.05) is 33.4 Å². The van der Waals surface area contributed by atoms with Gasteiger partial charge in [0.1, 0.15) is 0 Å². The summed E-state index contributed by atoms with van der Waals surface area (Å²) in [6.07, 6.45) is 1.97. The lowest BCUT2D eigenvalue weighted by atomic mass is 9.72. The lowest BCUT2D eigenvalue weighted by Crippen LogP contribution is -2.51. The molecule has 0 unspecified atom stereocenters. The highest BCUT2D eigenvalue weighted by molar-refractivity contribution is 5.82. The van der Waals surface area contributed by atoms with Crippen LogP contribution in [0.3, 0.4) is 0 Å². The van der Waals surface area contributed by atoms with Gasteiger partial charge in [-0.3, -0.25) is 4.79 Å². The predicted octanol–water partition coefficient (Wildman–Crippen LogP) is 2.56. The Kier molecular flexibility index (Phi) is 5.70. The van der Waals surface area contributed by atoms with Crippen LogP contribution in [0, 0.1) is 5.41 Å². The van der Waals surface area contributed by atoms with Crippen LogP contribution in [0.5, 0.6) is 0 Å². The number of piperidine rings is 1. The summed E-state index contributed by atoms with van der Waals surface area (Å²) in [6, 6.07) is 8.40. The van der Waals surface area contributed by atoms with Crippen LogP contribution in [0.4, 0.5) is 0 Å². The van der Waals surface area contributed by atoms with E-state index in [0.29, 0.717) is 13.2 Å².